The molecule has 0 unspecified atom stereocenters. The molecule has 28 heavy (non-hydrogen) atoms. The van der Waals surface area contributed by atoms with Crippen molar-refractivity contribution in [3.05, 3.63) is 59.8 Å². The van der Waals surface area contributed by atoms with Gasteiger partial charge in [-0.15, -0.1) is 0 Å². The monoisotopic (exact) mass is 397 g/mol. The van der Waals surface area contributed by atoms with Crippen LogP contribution >= 0.6 is 11.6 Å². The number of rotatable bonds is 3. The molecule has 2 amide bonds. The average Bonchev–Trinajstić information content (AvgIpc) is 2.73. The first-order chi connectivity index (χ1) is 13.7. The number of piperazine rings is 1. The molecular formula is C21H22ClN4O2+. The highest BCUT2D eigenvalue weighted by molar-refractivity contribution is 6.31. The molecule has 0 spiro atoms. The van der Waals surface area contributed by atoms with Crippen LogP contribution in [0.3, 0.4) is 0 Å². The Bertz CT molecular complexity index is 1000. The van der Waals surface area contributed by atoms with Crippen LogP contribution in [0.4, 0.5) is 16.2 Å². The molecule has 4 rings (SSSR count). The Kier molecular flexibility index (Phi) is 5.21. The first-order valence-electron chi connectivity index (χ1n) is 9.19. The van der Waals surface area contributed by atoms with Gasteiger partial charge >= 0.3 is 6.03 Å². The van der Waals surface area contributed by atoms with Gasteiger partial charge in [0.1, 0.15) is 5.75 Å². The fraction of sp³-hybridized carbons (Fsp3) is 0.238. The van der Waals surface area contributed by atoms with Crippen LogP contribution in [0.5, 0.6) is 5.75 Å². The summed E-state index contributed by atoms with van der Waals surface area (Å²) in [5.41, 5.74) is 2.83. The van der Waals surface area contributed by atoms with Crippen molar-refractivity contribution in [1.82, 2.24) is 4.90 Å². The molecule has 1 aromatic heterocycles. The normalized spacial score (nSPS) is 14.2. The predicted octanol–water partition coefficient (Wildman–Crippen LogP) is 3.67. The SMILES string of the molecule is COc1ccccc1NC(=O)N1CCN(c2cc[nH+]c3cc(Cl)ccc23)CC1. The zero-order valence-corrected chi connectivity index (χ0v) is 16.4. The number of carbonyl (C=O) groups is 1. The minimum Gasteiger partial charge on any atom is -0.495 e. The number of ether oxygens (including phenoxy) is 1. The van der Waals surface area contributed by atoms with Crippen molar-refractivity contribution in [3.8, 4) is 5.75 Å². The Morgan fingerprint density at radius 1 is 1.11 bits per heavy atom. The van der Waals surface area contributed by atoms with Gasteiger partial charge in [-0.3, -0.25) is 0 Å². The van der Waals surface area contributed by atoms with Crippen molar-refractivity contribution in [3.63, 3.8) is 0 Å². The third-order valence-corrected chi connectivity index (χ3v) is 5.23. The van der Waals surface area contributed by atoms with Crippen molar-refractivity contribution in [1.29, 1.82) is 0 Å². The van der Waals surface area contributed by atoms with Gasteiger partial charge in [0, 0.05) is 43.3 Å². The molecule has 0 radical (unpaired) electrons. The lowest BCUT2D eigenvalue weighted by Gasteiger charge is -2.36. The van der Waals surface area contributed by atoms with E-state index in [0.717, 1.165) is 29.7 Å². The molecule has 1 aliphatic heterocycles. The third-order valence-electron chi connectivity index (χ3n) is 4.99. The van der Waals surface area contributed by atoms with Gasteiger partial charge in [-0.25, -0.2) is 9.78 Å². The largest absolute Gasteiger partial charge is 0.495 e. The number of halogens is 1. The van der Waals surface area contributed by atoms with Crippen molar-refractivity contribution >= 4 is 39.9 Å². The van der Waals surface area contributed by atoms with Crippen LogP contribution in [0, 0.1) is 0 Å². The van der Waals surface area contributed by atoms with Gasteiger partial charge in [-0.1, -0.05) is 23.7 Å². The Labute approximate surface area is 168 Å². The van der Waals surface area contributed by atoms with Crippen LogP contribution in [0.1, 0.15) is 0 Å². The van der Waals surface area contributed by atoms with Gasteiger partial charge in [0.25, 0.3) is 0 Å². The lowest BCUT2D eigenvalue weighted by molar-refractivity contribution is -0.344. The van der Waals surface area contributed by atoms with Gasteiger partial charge in [-0.2, -0.15) is 0 Å². The van der Waals surface area contributed by atoms with E-state index in [1.54, 1.807) is 7.11 Å². The standard InChI is InChI=1S/C21H21ClN4O2/c1-28-20-5-3-2-4-17(20)24-21(27)26-12-10-25(11-13-26)19-8-9-23-18-14-15(22)6-7-16(18)19/h2-9,14H,10-13H2,1H3,(H,24,27)/p+1. The molecule has 2 N–H and O–H groups in total. The molecule has 2 heterocycles. The number of nitrogens with one attached hydrogen (secondary N) is 2. The van der Waals surface area contributed by atoms with Gasteiger partial charge in [-0.05, 0) is 24.3 Å². The number of aromatic nitrogens is 1. The number of fused-ring (bicyclic) bond motifs is 1. The molecule has 0 bridgehead atoms. The number of amides is 2. The highest BCUT2D eigenvalue weighted by Crippen LogP contribution is 2.27. The fourth-order valence-electron chi connectivity index (χ4n) is 3.53. The van der Waals surface area contributed by atoms with E-state index >= 15 is 0 Å². The number of anilines is 2. The van der Waals surface area contributed by atoms with Crippen LogP contribution in [0.2, 0.25) is 5.02 Å². The highest BCUT2D eigenvalue weighted by Gasteiger charge is 2.23. The second kappa shape index (κ2) is 7.94. The number of urea groups is 1. The number of aromatic amines is 1. The lowest BCUT2D eigenvalue weighted by Crippen LogP contribution is -2.50. The van der Waals surface area contributed by atoms with Gasteiger partial charge < -0.3 is 19.9 Å². The van der Waals surface area contributed by atoms with Crippen LogP contribution in [0.15, 0.2) is 54.7 Å². The molecule has 1 aliphatic rings. The van der Waals surface area contributed by atoms with E-state index in [4.69, 9.17) is 16.3 Å². The summed E-state index contributed by atoms with van der Waals surface area (Å²) in [6, 6.07) is 15.2. The topological polar surface area (TPSA) is 59.0 Å². The summed E-state index contributed by atoms with van der Waals surface area (Å²) < 4.78 is 5.30. The van der Waals surface area contributed by atoms with Crippen LogP contribution in [0.25, 0.3) is 10.9 Å². The molecule has 7 heteroatoms. The van der Waals surface area contributed by atoms with Crippen LogP contribution in [-0.2, 0) is 0 Å². The second-order valence-corrected chi connectivity index (χ2v) is 7.09. The van der Waals surface area contributed by atoms with E-state index in [-0.39, 0.29) is 6.03 Å². The summed E-state index contributed by atoms with van der Waals surface area (Å²) >= 11 is 6.11. The summed E-state index contributed by atoms with van der Waals surface area (Å²) in [5.74, 6) is 0.653. The maximum atomic E-state index is 12.6. The smallest absolute Gasteiger partial charge is 0.322 e. The van der Waals surface area contributed by atoms with E-state index in [1.807, 2.05) is 53.6 Å². The molecule has 1 saturated heterocycles. The van der Waals surface area contributed by atoms with E-state index in [1.165, 1.54) is 0 Å². The number of hydrogen-bond acceptors (Lipinski definition) is 3. The van der Waals surface area contributed by atoms with Crippen molar-refractivity contribution < 1.29 is 14.5 Å². The number of carbonyl (C=O) groups excluding carboxylic acids is 1. The maximum Gasteiger partial charge on any atom is 0.322 e. The van der Waals surface area contributed by atoms with Crippen LogP contribution < -0.4 is 19.9 Å². The number of nitrogens with zero attached hydrogens (tertiary/aromatic N) is 2. The van der Waals surface area contributed by atoms with Crippen molar-refractivity contribution in [2.45, 2.75) is 0 Å². The van der Waals surface area contributed by atoms with Crippen LogP contribution in [-0.4, -0.2) is 44.2 Å². The third kappa shape index (κ3) is 3.68. The molecule has 0 aliphatic carbocycles. The first kappa shape index (κ1) is 18.4. The molecule has 6 nitrogen and oxygen atoms in total. The molecule has 2 aromatic carbocycles. The lowest BCUT2D eigenvalue weighted by atomic mass is 10.1. The van der Waals surface area contributed by atoms with Gasteiger partial charge in [0.2, 0.25) is 5.52 Å². The maximum absolute atomic E-state index is 12.6. The zero-order valence-electron chi connectivity index (χ0n) is 15.6. The number of benzene rings is 2. The minimum absolute atomic E-state index is 0.109. The first-order valence-corrected chi connectivity index (χ1v) is 9.57. The number of para-hydroxylation sites is 2. The number of methoxy groups -OCH3 is 1. The van der Waals surface area contributed by atoms with Gasteiger partial charge in [0.15, 0.2) is 6.20 Å². The molecule has 0 atom stereocenters. The van der Waals surface area contributed by atoms with E-state index in [9.17, 15) is 4.79 Å². The Hall–Kier alpha value is -2.99. The summed E-state index contributed by atoms with van der Waals surface area (Å²) in [4.78, 5) is 20.0. The second-order valence-electron chi connectivity index (χ2n) is 6.66. The minimum atomic E-state index is -0.109. The van der Waals surface area contributed by atoms with Gasteiger partial charge in [0.05, 0.1) is 23.9 Å². The molecular weight excluding hydrogens is 376 g/mol. The zero-order chi connectivity index (χ0) is 19.5. The molecule has 0 saturated carbocycles. The van der Waals surface area contributed by atoms with Crippen molar-refractivity contribution in [2.24, 2.45) is 0 Å². The average molecular weight is 398 g/mol. The summed E-state index contributed by atoms with van der Waals surface area (Å²) in [7, 11) is 1.60. The van der Waals surface area contributed by atoms with E-state index in [0.29, 0.717) is 29.5 Å². The summed E-state index contributed by atoms with van der Waals surface area (Å²) in [5, 5.41) is 4.78. The predicted molar refractivity (Wildman–Crippen MR) is 111 cm³/mol. The fourth-order valence-corrected chi connectivity index (χ4v) is 3.70. The number of H-pyrrole nitrogens is 1. The Balaban J connectivity index is 1.44. The summed E-state index contributed by atoms with van der Waals surface area (Å²) in [6.07, 6.45) is 1.93. The Morgan fingerprint density at radius 3 is 2.68 bits per heavy atom. The van der Waals surface area contributed by atoms with Crippen molar-refractivity contribution in [2.75, 3.05) is 43.5 Å². The molecule has 1 fully saturated rings. The van der Waals surface area contributed by atoms with E-state index in [2.05, 4.69) is 21.3 Å². The molecule has 3 aromatic rings. The quantitative estimate of drug-likeness (QED) is 0.733. The molecule has 144 valence electrons. The highest BCUT2D eigenvalue weighted by atomic mass is 35.5. The Morgan fingerprint density at radius 2 is 1.89 bits per heavy atom. The summed E-state index contributed by atoms with van der Waals surface area (Å²) in [6.45, 7) is 2.82. The van der Waals surface area contributed by atoms with E-state index < -0.39 is 0 Å². The number of pyridine rings is 1. The number of hydrogen-bond donors (Lipinski definition) is 1.